The molecule has 0 spiro atoms. The molecule has 0 aromatic heterocycles. The van der Waals surface area contributed by atoms with E-state index in [2.05, 4.69) is 4.72 Å². The van der Waals surface area contributed by atoms with Crippen LogP contribution in [0.5, 0.6) is 5.75 Å². The minimum Gasteiger partial charge on any atom is -0.496 e. The molecular formula is C22H25F3N2O4S. The summed E-state index contributed by atoms with van der Waals surface area (Å²) in [4.78, 5) is 13.7. The van der Waals surface area contributed by atoms with Crippen molar-refractivity contribution in [2.75, 3.05) is 29.8 Å². The fourth-order valence-corrected chi connectivity index (χ4v) is 4.44. The van der Waals surface area contributed by atoms with E-state index in [1.807, 2.05) is 18.7 Å². The predicted octanol–water partition coefficient (Wildman–Crippen LogP) is 5.13. The van der Waals surface area contributed by atoms with E-state index in [0.29, 0.717) is 35.8 Å². The van der Waals surface area contributed by atoms with Crippen LogP contribution in [0.25, 0.3) is 0 Å². The van der Waals surface area contributed by atoms with Crippen LogP contribution < -0.4 is 14.4 Å². The summed E-state index contributed by atoms with van der Waals surface area (Å²) in [5.74, 6) is -0.730. The first kappa shape index (κ1) is 24.1. The predicted molar refractivity (Wildman–Crippen MR) is 117 cm³/mol. The molecule has 0 amide bonds. The van der Waals surface area contributed by atoms with E-state index in [4.69, 9.17) is 4.74 Å². The van der Waals surface area contributed by atoms with Gasteiger partial charge in [0.25, 0.3) is 0 Å². The largest absolute Gasteiger partial charge is 0.496 e. The fraction of sp³-hybridized carbons (Fsp3) is 0.409. The molecule has 10 heteroatoms. The Bertz CT molecular complexity index is 998. The van der Waals surface area contributed by atoms with E-state index in [9.17, 15) is 28.2 Å². The molecule has 1 aliphatic rings. The molecule has 1 saturated heterocycles. The molecule has 174 valence electrons. The van der Waals surface area contributed by atoms with Gasteiger partial charge in [0.1, 0.15) is 5.75 Å². The van der Waals surface area contributed by atoms with Crippen molar-refractivity contribution in [2.24, 2.45) is 5.41 Å². The van der Waals surface area contributed by atoms with Gasteiger partial charge >= 0.3 is 12.1 Å². The van der Waals surface area contributed by atoms with E-state index in [0.717, 1.165) is 24.1 Å². The van der Waals surface area contributed by atoms with Gasteiger partial charge in [0.2, 0.25) is 0 Å². The Hall–Kier alpha value is -2.59. The normalized spacial score (nSPS) is 18.3. The van der Waals surface area contributed by atoms with Gasteiger partial charge in [0.05, 0.1) is 40.6 Å². The lowest BCUT2D eigenvalue weighted by molar-refractivity contribution is -0.137. The third-order valence-electron chi connectivity index (χ3n) is 5.52. The summed E-state index contributed by atoms with van der Waals surface area (Å²) in [6.07, 6.45) is -4.52. The van der Waals surface area contributed by atoms with Crippen molar-refractivity contribution in [1.29, 1.82) is 0 Å². The first-order chi connectivity index (χ1) is 14.9. The summed E-state index contributed by atoms with van der Waals surface area (Å²) in [5, 5.41) is 19.5. The number of rotatable bonds is 6. The number of carbonyl (C=O) groups is 1. The molecule has 2 aromatic carbocycles. The van der Waals surface area contributed by atoms with E-state index >= 15 is 0 Å². The zero-order valence-electron chi connectivity index (χ0n) is 17.9. The number of hydrogen-bond acceptors (Lipinski definition) is 6. The number of aliphatic hydroxyl groups is 1. The Balaban J connectivity index is 1.96. The summed E-state index contributed by atoms with van der Waals surface area (Å²) >= 11 is 0.973. The maximum absolute atomic E-state index is 13.4. The molecule has 1 atom stereocenters. The second kappa shape index (κ2) is 9.11. The van der Waals surface area contributed by atoms with Gasteiger partial charge in [-0.25, -0.2) is 4.79 Å². The zero-order valence-corrected chi connectivity index (χ0v) is 18.7. The number of alkyl halides is 3. The van der Waals surface area contributed by atoms with E-state index < -0.39 is 29.2 Å². The molecule has 3 rings (SSSR count). The van der Waals surface area contributed by atoms with Crippen LogP contribution in [0.3, 0.4) is 0 Å². The van der Waals surface area contributed by atoms with Crippen molar-refractivity contribution in [3.8, 4) is 5.75 Å². The average molecular weight is 471 g/mol. The number of aromatic carboxylic acids is 1. The Labute approximate surface area is 188 Å². The van der Waals surface area contributed by atoms with Crippen LogP contribution in [0.1, 0.15) is 36.2 Å². The van der Waals surface area contributed by atoms with Gasteiger partial charge < -0.3 is 24.6 Å². The number of carboxylic acid groups (broad SMARTS) is 1. The van der Waals surface area contributed by atoms with Crippen LogP contribution in [0, 0.1) is 5.41 Å². The van der Waals surface area contributed by atoms with Crippen molar-refractivity contribution < 1.29 is 32.9 Å². The van der Waals surface area contributed by atoms with Crippen LogP contribution in [-0.2, 0) is 6.18 Å². The van der Waals surface area contributed by atoms with Crippen LogP contribution in [0.4, 0.5) is 24.5 Å². The second-order valence-corrected chi connectivity index (χ2v) is 9.17. The van der Waals surface area contributed by atoms with Crippen molar-refractivity contribution in [2.45, 2.75) is 37.4 Å². The second-order valence-electron chi connectivity index (χ2n) is 8.32. The molecule has 32 heavy (non-hydrogen) atoms. The summed E-state index contributed by atoms with van der Waals surface area (Å²) < 4.78 is 48.3. The third-order valence-corrected chi connectivity index (χ3v) is 6.38. The molecule has 1 fully saturated rings. The van der Waals surface area contributed by atoms with Gasteiger partial charge in [0.15, 0.2) is 0 Å². The number of methoxy groups -OCH3 is 1. The molecule has 0 radical (unpaired) electrons. The monoisotopic (exact) mass is 470 g/mol. The van der Waals surface area contributed by atoms with Crippen molar-refractivity contribution in [3.05, 3.63) is 47.5 Å². The lowest BCUT2D eigenvalue weighted by Crippen LogP contribution is -2.48. The Morgan fingerprint density at radius 1 is 1.25 bits per heavy atom. The van der Waals surface area contributed by atoms with Gasteiger partial charge in [-0.3, -0.25) is 0 Å². The van der Waals surface area contributed by atoms with Crippen molar-refractivity contribution in [1.82, 2.24) is 0 Å². The molecule has 6 nitrogen and oxygen atoms in total. The number of carboxylic acids is 1. The minimum absolute atomic E-state index is 0.0335. The van der Waals surface area contributed by atoms with Gasteiger partial charge in [-0.15, -0.1) is 0 Å². The Morgan fingerprint density at radius 3 is 2.56 bits per heavy atom. The number of piperidine rings is 1. The summed E-state index contributed by atoms with van der Waals surface area (Å²) in [5.41, 5.74) is -0.388. The molecule has 0 saturated carbocycles. The maximum atomic E-state index is 13.4. The number of anilines is 2. The lowest BCUT2D eigenvalue weighted by Gasteiger charge is -2.43. The minimum atomic E-state index is -4.52. The number of aliphatic hydroxyl groups excluding tert-OH is 1. The fourth-order valence-electron chi connectivity index (χ4n) is 3.62. The molecule has 2 aromatic rings. The number of halogens is 3. The highest BCUT2D eigenvalue weighted by atomic mass is 32.2. The zero-order chi connectivity index (χ0) is 23.7. The Kier molecular flexibility index (Phi) is 6.85. The molecule has 1 heterocycles. The quantitative estimate of drug-likeness (QED) is 0.505. The molecule has 0 aliphatic carbocycles. The highest BCUT2D eigenvalue weighted by Gasteiger charge is 2.36. The lowest BCUT2D eigenvalue weighted by atomic mass is 9.81. The maximum Gasteiger partial charge on any atom is 0.416 e. The SMILES string of the molecule is COc1ccc(C(=O)O)cc1SNc1cc(C(F)(F)F)ccc1N1CCC(O)C(C)(C)C1. The number of hydrogen-bond donors (Lipinski definition) is 3. The average Bonchev–Trinajstić information content (AvgIpc) is 2.73. The highest BCUT2D eigenvalue weighted by Crippen LogP contribution is 2.41. The van der Waals surface area contributed by atoms with Crippen LogP contribution >= 0.6 is 11.9 Å². The van der Waals surface area contributed by atoms with Crippen LogP contribution in [0.2, 0.25) is 0 Å². The first-order valence-electron chi connectivity index (χ1n) is 9.91. The molecule has 3 N–H and O–H groups in total. The topological polar surface area (TPSA) is 82.0 Å². The van der Waals surface area contributed by atoms with E-state index in [-0.39, 0.29) is 11.3 Å². The molecular weight excluding hydrogens is 445 g/mol. The summed E-state index contributed by atoms with van der Waals surface area (Å²) in [6, 6.07) is 7.77. The molecule has 1 unspecified atom stereocenters. The van der Waals surface area contributed by atoms with Crippen molar-refractivity contribution in [3.63, 3.8) is 0 Å². The Morgan fingerprint density at radius 2 is 1.97 bits per heavy atom. The van der Waals surface area contributed by atoms with Gasteiger partial charge in [0, 0.05) is 18.5 Å². The van der Waals surface area contributed by atoms with E-state index in [1.54, 1.807) is 0 Å². The van der Waals surface area contributed by atoms with Gasteiger partial charge in [-0.2, -0.15) is 13.2 Å². The molecule has 1 aliphatic heterocycles. The summed E-state index contributed by atoms with van der Waals surface area (Å²) in [6.45, 7) is 4.79. The van der Waals surface area contributed by atoms with Crippen LogP contribution in [0.15, 0.2) is 41.3 Å². The van der Waals surface area contributed by atoms with Gasteiger partial charge in [-0.05, 0) is 54.8 Å². The number of nitrogens with one attached hydrogen (secondary N) is 1. The van der Waals surface area contributed by atoms with Crippen molar-refractivity contribution >= 4 is 29.3 Å². The smallest absolute Gasteiger partial charge is 0.416 e. The molecule has 0 bridgehead atoms. The van der Waals surface area contributed by atoms with Crippen LogP contribution in [-0.4, -0.2) is 42.5 Å². The highest BCUT2D eigenvalue weighted by molar-refractivity contribution is 8.00. The van der Waals surface area contributed by atoms with Gasteiger partial charge in [-0.1, -0.05) is 13.8 Å². The summed E-state index contributed by atoms with van der Waals surface area (Å²) in [7, 11) is 1.43. The number of benzene rings is 2. The first-order valence-corrected chi connectivity index (χ1v) is 10.7. The number of ether oxygens (including phenoxy) is 1. The third kappa shape index (κ3) is 5.24. The van der Waals surface area contributed by atoms with E-state index in [1.165, 1.54) is 31.4 Å². The number of nitrogens with zero attached hydrogens (tertiary/aromatic N) is 1. The standard InChI is InChI=1S/C22H25F3N2O4S/c1-21(2)12-27(9-8-19(21)28)16-6-5-14(22(23,24)25)11-15(16)26-32-18-10-13(20(29)30)4-7-17(18)31-3/h4-7,10-11,19,26,28H,8-9,12H2,1-3H3,(H,29,30).